The quantitative estimate of drug-likeness (QED) is 0.334. The predicted octanol–water partition coefficient (Wildman–Crippen LogP) is 6.51. The molecule has 31 heavy (non-hydrogen) atoms. The minimum Gasteiger partial charge on any atom is -0.495 e. The molecule has 2 aromatic carbocycles. The lowest BCUT2D eigenvalue weighted by molar-refractivity contribution is -0.111. The van der Waals surface area contributed by atoms with Crippen LogP contribution in [0.3, 0.4) is 0 Å². The van der Waals surface area contributed by atoms with Gasteiger partial charge in [-0.05, 0) is 48.5 Å². The maximum absolute atomic E-state index is 12.5. The van der Waals surface area contributed by atoms with E-state index in [9.17, 15) is 4.79 Å². The minimum absolute atomic E-state index is 0.346. The maximum Gasteiger partial charge on any atom is 0.248 e. The Morgan fingerprint density at radius 1 is 1.13 bits per heavy atom. The Kier molecular flexibility index (Phi) is 6.13. The van der Waals surface area contributed by atoms with Crippen LogP contribution in [-0.4, -0.2) is 23.0 Å². The fraction of sp³-hybridized carbons (Fsp3) is 0.0455. The van der Waals surface area contributed by atoms with Crippen molar-refractivity contribution in [3.8, 4) is 17.2 Å². The minimum atomic E-state index is -0.406. The lowest BCUT2D eigenvalue weighted by Gasteiger charge is -2.08. The van der Waals surface area contributed by atoms with Gasteiger partial charge in [0.25, 0.3) is 0 Å². The number of anilines is 1. The first kappa shape index (κ1) is 21.2. The zero-order valence-electron chi connectivity index (χ0n) is 16.0. The summed E-state index contributed by atoms with van der Waals surface area (Å²) in [5, 5.41) is 3.88. The molecule has 1 amide bonds. The van der Waals surface area contributed by atoms with Gasteiger partial charge >= 0.3 is 0 Å². The molecule has 9 heteroatoms. The van der Waals surface area contributed by atoms with Crippen molar-refractivity contribution in [3.05, 3.63) is 75.4 Å². The third-order valence-electron chi connectivity index (χ3n) is 4.29. The Balaban J connectivity index is 1.57. The first-order valence-electron chi connectivity index (χ1n) is 8.98. The predicted molar refractivity (Wildman–Crippen MR) is 123 cm³/mol. The van der Waals surface area contributed by atoms with Gasteiger partial charge in [0, 0.05) is 28.4 Å². The fourth-order valence-corrected chi connectivity index (χ4v) is 3.66. The molecule has 0 spiro atoms. The van der Waals surface area contributed by atoms with Gasteiger partial charge in [-0.3, -0.25) is 4.79 Å². The van der Waals surface area contributed by atoms with Gasteiger partial charge in [0.2, 0.25) is 11.8 Å². The van der Waals surface area contributed by atoms with E-state index >= 15 is 0 Å². The third kappa shape index (κ3) is 4.66. The van der Waals surface area contributed by atoms with E-state index in [1.165, 1.54) is 13.2 Å². The molecule has 2 aromatic heterocycles. The highest BCUT2D eigenvalue weighted by Gasteiger charge is 2.13. The number of pyridine rings is 1. The van der Waals surface area contributed by atoms with Gasteiger partial charge in [-0.25, -0.2) is 4.98 Å². The van der Waals surface area contributed by atoms with Gasteiger partial charge in [-0.15, -0.1) is 0 Å². The van der Waals surface area contributed by atoms with Crippen molar-refractivity contribution < 1.29 is 13.9 Å². The second-order valence-electron chi connectivity index (χ2n) is 6.37. The van der Waals surface area contributed by atoms with Crippen LogP contribution in [0, 0.1) is 0 Å². The smallest absolute Gasteiger partial charge is 0.248 e. The number of ether oxygens (including phenoxy) is 1. The number of carbonyl (C=O) groups is 1. The molecule has 4 rings (SSSR count). The van der Waals surface area contributed by atoms with Crippen LogP contribution in [0.15, 0.2) is 59.2 Å². The summed E-state index contributed by atoms with van der Waals surface area (Å²) in [6.45, 7) is 0. The van der Waals surface area contributed by atoms with Crippen LogP contribution in [-0.2, 0) is 4.79 Å². The average molecular weight is 475 g/mol. The standard InChI is InChI=1S/C22H14Cl3N3O3/c1-30-20-12(9-14(23)11-16(20)25)5-7-19(29)27-17-10-13(4-6-15(17)24)22-28-21-18(31-22)3-2-8-26-21/h2-11H,1H3,(H,27,29). The molecular formula is C22H14Cl3N3O3. The number of methoxy groups -OCH3 is 1. The second kappa shape index (κ2) is 8.98. The van der Waals surface area contributed by atoms with Crippen molar-refractivity contribution >= 4 is 63.7 Å². The van der Waals surface area contributed by atoms with E-state index in [2.05, 4.69) is 15.3 Å². The SMILES string of the molecule is COc1c(Cl)cc(Cl)cc1C=CC(=O)Nc1cc(-c2nc3ncccc3o2)ccc1Cl. The Labute approximate surface area is 192 Å². The average Bonchev–Trinajstić information content (AvgIpc) is 3.18. The molecule has 2 heterocycles. The van der Waals surface area contributed by atoms with E-state index in [1.54, 1.807) is 54.7 Å². The van der Waals surface area contributed by atoms with Crippen molar-refractivity contribution in [2.45, 2.75) is 0 Å². The molecule has 6 nitrogen and oxygen atoms in total. The van der Waals surface area contributed by atoms with Crippen LogP contribution in [0.2, 0.25) is 15.1 Å². The molecule has 0 bridgehead atoms. The maximum atomic E-state index is 12.5. The highest BCUT2D eigenvalue weighted by atomic mass is 35.5. The van der Waals surface area contributed by atoms with Crippen LogP contribution in [0.25, 0.3) is 28.8 Å². The summed E-state index contributed by atoms with van der Waals surface area (Å²) in [6, 6.07) is 11.8. The van der Waals surface area contributed by atoms with Crippen LogP contribution in [0.4, 0.5) is 5.69 Å². The topological polar surface area (TPSA) is 77.2 Å². The molecule has 0 aliphatic rings. The first-order chi connectivity index (χ1) is 14.9. The fourth-order valence-electron chi connectivity index (χ4n) is 2.91. The Morgan fingerprint density at radius 3 is 2.74 bits per heavy atom. The number of benzene rings is 2. The number of rotatable bonds is 5. The number of aromatic nitrogens is 2. The monoisotopic (exact) mass is 473 g/mol. The summed E-state index contributed by atoms with van der Waals surface area (Å²) in [7, 11) is 1.49. The van der Waals surface area contributed by atoms with Gasteiger partial charge in [0.15, 0.2) is 11.2 Å². The molecule has 0 fully saturated rings. The molecule has 156 valence electrons. The molecule has 0 saturated heterocycles. The van der Waals surface area contributed by atoms with Gasteiger partial charge in [-0.2, -0.15) is 4.98 Å². The normalized spacial score (nSPS) is 11.2. The van der Waals surface area contributed by atoms with E-state index in [4.69, 9.17) is 44.0 Å². The van der Waals surface area contributed by atoms with Gasteiger partial charge in [0.1, 0.15) is 5.75 Å². The number of fused-ring (bicyclic) bond motifs is 1. The van der Waals surface area contributed by atoms with Gasteiger partial charge < -0.3 is 14.5 Å². The van der Waals surface area contributed by atoms with Crippen LogP contribution >= 0.6 is 34.8 Å². The van der Waals surface area contributed by atoms with Crippen molar-refractivity contribution in [2.75, 3.05) is 12.4 Å². The van der Waals surface area contributed by atoms with E-state index < -0.39 is 5.91 Å². The van der Waals surface area contributed by atoms with E-state index in [1.807, 2.05) is 0 Å². The summed E-state index contributed by atoms with van der Waals surface area (Å²) in [6.07, 6.45) is 4.52. The summed E-state index contributed by atoms with van der Waals surface area (Å²) in [4.78, 5) is 21.0. The number of oxazole rings is 1. The number of nitrogens with zero attached hydrogens (tertiary/aromatic N) is 2. The molecular weight excluding hydrogens is 461 g/mol. The third-order valence-corrected chi connectivity index (χ3v) is 5.12. The zero-order chi connectivity index (χ0) is 22.0. The highest BCUT2D eigenvalue weighted by molar-refractivity contribution is 6.36. The molecule has 0 saturated carbocycles. The number of hydrogen-bond donors (Lipinski definition) is 1. The Bertz CT molecular complexity index is 1290. The molecule has 0 aliphatic heterocycles. The number of nitrogens with one attached hydrogen (secondary N) is 1. The number of carbonyl (C=O) groups excluding carboxylic acids is 1. The summed E-state index contributed by atoms with van der Waals surface area (Å²) >= 11 is 18.4. The highest BCUT2D eigenvalue weighted by Crippen LogP contribution is 2.33. The van der Waals surface area contributed by atoms with Crippen molar-refractivity contribution in [3.63, 3.8) is 0 Å². The largest absolute Gasteiger partial charge is 0.495 e. The molecule has 0 unspecified atom stereocenters. The number of amides is 1. The molecule has 0 aliphatic carbocycles. The second-order valence-corrected chi connectivity index (χ2v) is 7.62. The molecule has 0 radical (unpaired) electrons. The van der Waals surface area contributed by atoms with Gasteiger partial charge in [-0.1, -0.05) is 34.8 Å². The van der Waals surface area contributed by atoms with Crippen LogP contribution < -0.4 is 10.1 Å². The number of hydrogen-bond acceptors (Lipinski definition) is 5. The summed E-state index contributed by atoms with van der Waals surface area (Å²) in [5.74, 6) is 0.380. The Morgan fingerprint density at radius 2 is 1.97 bits per heavy atom. The van der Waals surface area contributed by atoms with Crippen molar-refractivity contribution in [1.82, 2.24) is 9.97 Å². The van der Waals surface area contributed by atoms with Crippen LogP contribution in [0.1, 0.15) is 5.56 Å². The van der Waals surface area contributed by atoms with E-state index in [-0.39, 0.29) is 0 Å². The zero-order valence-corrected chi connectivity index (χ0v) is 18.3. The van der Waals surface area contributed by atoms with Crippen molar-refractivity contribution in [2.24, 2.45) is 0 Å². The van der Waals surface area contributed by atoms with Gasteiger partial charge in [0.05, 0.1) is 22.8 Å². The van der Waals surface area contributed by atoms with Crippen LogP contribution in [0.5, 0.6) is 5.75 Å². The lowest BCUT2D eigenvalue weighted by Crippen LogP contribution is -2.08. The lowest BCUT2D eigenvalue weighted by atomic mass is 10.1. The number of halogens is 3. The van der Waals surface area contributed by atoms with E-state index in [0.29, 0.717) is 54.8 Å². The molecule has 1 N–H and O–H groups in total. The Hall–Kier alpha value is -3.06. The summed E-state index contributed by atoms with van der Waals surface area (Å²) in [5.41, 5.74) is 2.67. The molecule has 0 atom stereocenters. The first-order valence-corrected chi connectivity index (χ1v) is 10.1. The van der Waals surface area contributed by atoms with E-state index in [0.717, 1.165) is 0 Å². The summed E-state index contributed by atoms with van der Waals surface area (Å²) < 4.78 is 11.0. The van der Waals surface area contributed by atoms with Crippen molar-refractivity contribution in [1.29, 1.82) is 0 Å². The molecule has 4 aromatic rings.